The van der Waals surface area contributed by atoms with Crippen LogP contribution < -0.4 is 15.8 Å². The minimum Gasteiger partial charge on any atom is -0.545 e. The van der Waals surface area contributed by atoms with Crippen LogP contribution in [0, 0.1) is 0 Å². The summed E-state index contributed by atoms with van der Waals surface area (Å²) in [6, 6.07) is 8.06. The molecule has 0 saturated heterocycles. The maximum absolute atomic E-state index is 11.6. The fourth-order valence-corrected chi connectivity index (χ4v) is 5.27. The number of esters is 1. The minimum atomic E-state index is -1.48. The van der Waals surface area contributed by atoms with Crippen molar-refractivity contribution in [2.75, 3.05) is 20.0 Å². The van der Waals surface area contributed by atoms with E-state index in [4.69, 9.17) is 10.8 Å². The summed E-state index contributed by atoms with van der Waals surface area (Å²) in [5, 5.41) is 18.8. The van der Waals surface area contributed by atoms with Gasteiger partial charge in [0.2, 0.25) is 0 Å². The molecule has 29 heavy (non-hydrogen) atoms. The topological polar surface area (TPSA) is 127 Å². The number of ether oxygens (including phenoxy) is 1. The first kappa shape index (κ1) is 26.0. The van der Waals surface area contributed by atoms with Gasteiger partial charge in [0, 0.05) is 30.6 Å². The third kappa shape index (κ3) is 6.22. The van der Waals surface area contributed by atoms with Gasteiger partial charge in [0.1, 0.15) is 5.52 Å². The second kappa shape index (κ2) is 12.0. The first-order valence-electron chi connectivity index (χ1n) is 7.45. The van der Waals surface area contributed by atoms with Gasteiger partial charge in [-0.15, -0.1) is 0 Å². The quantitative estimate of drug-likeness (QED) is 0.242. The molecule has 0 bridgehead atoms. The molecule has 1 aromatic heterocycles. The molecule has 0 unspecified atom stereocenters. The number of methoxy groups -OCH3 is 1. The Morgan fingerprint density at radius 2 is 1.55 bits per heavy atom. The highest BCUT2D eigenvalue weighted by atomic mass is 79.9. The number of carbonyl (C=O) groups excluding carboxylic acids is 2. The fourth-order valence-electron chi connectivity index (χ4n) is 2.05. The number of fused-ring (bicyclic) bond motifs is 1. The number of aliphatic hydroxyl groups excluding tert-OH is 1. The second-order valence-corrected chi connectivity index (χ2v) is 9.13. The van der Waals surface area contributed by atoms with Crippen LogP contribution >= 0.6 is 75.1 Å². The smallest absolute Gasteiger partial charge is 0.339 e. The molecular formula is C17H14Br4N2O5S. The van der Waals surface area contributed by atoms with Gasteiger partial charge >= 0.3 is 11.1 Å². The van der Waals surface area contributed by atoms with E-state index in [0.29, 0.717) is 8.95 Å². The van der Waals surface area contributed by atoms with Crippen LogP contribution in [0.2, 0.25) is 0 Å². The first-order chi connectivity index (χ1) is 13.7. The third-order valence-corrected chi connectivity index (χ3v) is 8.89. The summed E-state index contributed by atoms with van der Waals surface area (Å²) in [6.07, 6.45) is 0. The number of aromatic carboxylic acids is 1. The molecular weight excluding hydrogens is 664 g/mol. The number of aromatic nitrogens is 1. The highest BCUT2D eigenvalue weighted by Crippen LogP contribution is 2.42. The molecule has 2 aromatic carbocycles. The van der Waals surface area contributed by atoms with Crippen molar-refractivity contribution in [3.05, 3.63) is 53.3 Å². The number of carboxylic acid groups (broad SMARTS) is 1. The largest absolute Gasteiger partial charge is 0.545 e. The number of nitrogens with two attached hydrogens (primary N) is 1. The predicted octanol–water partition coefficient (Wildman–Crippen LogP) is 3.79. The van der Waals surface area contributed by atoms with Crippen LogP contribution in [0.3, 0.4) is 0 Å². The molecule has 0 fully saturated rings. The Balaban J connectivity index is 0.000000295. The monoisotopic (exact) mass is 674 g/mol. The van der Waals surface area contributed by atoms with E-state index in [-0.39, 0.29) is 20.1 Å². The SMILES string of the molecule is CO.COC(=O)c1c(Br)c(Br)c(Br)c(Br)c1C(=O)[O-].Nc1[nH+]c2ccccc2s1. The number of H-pyrrole nitrogens is 1. The Kier molecular flexibility index (Phi) is 10.7. The fraction of sp³-hybridized carbons (Fsp3) is 0.118. The number of carbonyl (C=O) groups is 2. The summed E-state index contributed by atoms with van der Waals surface area (Å²) in [5.41, 5.74) is 6.27. The molecule has 0 saturated carbocycles. The van der Waals surface area contributed by atoms with Crippen LogP contribution in [0.15, 0.2) is 42.2 Å². The average Bonchev–Trinajstić information content (AvgIpc) is 3.10. The zero-order chi connectivity index (χ0) is 22.3. The number of aromatic amines is 1. The zero-order valence-corrected chi connectivity index (χ0v) is 22.0. The number of anilines is 1. The van der Waals surface area contributed by atoms with Gasteiger partial charge in [-0.2, -0.15) is 0 Å². The molecule has 0 aliphatic heterocycles. The van der Waals surface area contributed by atoms with Crippen molar-refractivity contribution < 1.29 is 29.5 Å². The van der Waals surface area contributed by atoms with E-state index in [0.717, 1.165) is 24.9 Å². The number of para-hydroxylation sites is 1. The van der Waals surface area contributed by atoms with Crippen LogP contribution in [0.25, 0.3) is 10.2 Å². The highest BCUT2D eigenvalue weighted by Gasteiger charge is 2.24. The standard InChI is InChI=1S/C9H4Br4O4.C7H6N2S.CH4O/c1-17-9(16)3-2(8(14)15)4(10)6(12)7(13)5(3)11;8-7-9-5-3-1-2-4-6(5)10-7;1-2/h1H3,(H,14,15);1-4H,(H2,8,9);2H,1H3. The summed E-state index contributed by atoms with van der Waals surface area (Å²) in [7, 11) is 2.16. The molecule has 1 heterocycles. The van der Waals surface area contributed by atoms with Crippen LogP contribution in [-0.2, 0) is 4.74 Å². The third-order valence-electron chi connectivity index (χ3n) is 3.23. The first-order valence-corrected chi connectivity index (χ1v) is 11.4. The van der Waals surface area contributed by atoms with Gasteiger partial charge in [0.15, 0.2) is 0 Å². The average molecular weight is 678 g/mol. The number of hydrogen-bond acceptors (Lipinski definition) is 7. The molecule has 12 heteroatoms. The Morgan fingerprint density at radius 1 is 1.03 bits per heavy atom. The maximum Gasteiger partial charge on any atom is 0.339 e. The molecule has 0 amide bonds. The number of nitrogens with one attached hydrogen (secondary N) is 1. The van der Waals surface area contributed by atoms with Crippen molar-refractivity contribution >= 4 is 102 Å². The van der Waals surface area contributed by atoms with Crippen molar-refractivity contribution in [3.63, 3.8) is 0 Å². The number of thiazole rings is 1. The van der Waals surface area contributed by atoms with Crippen LogP contribution in [0.5, 0.6) is 0 Å². The molecule has 4 N–H and O–H groups in total. The van der Waals surface area contributed by atoms with E-state index in [1.165, 1.54) is 4.70 Å². The van der Waals surface area contributed by atoms with Crippen LogP contribution in [-0.4, -0.2) is 31.3 Å². The van der Waals surface area contributed by atoms with Crippen molar-refractivity contribution in [1.82, 2.24) is 0 Å². The number of carboxylic acids is 1. The van der Waals surface area contributed by atoms with Crippen LogP contribution in [0.1, 0.15) is 20.7 Å². The lowest BCUT2D eigenvalue weighted by atomic mass is 10.1. The minimum absolute atomic E-state index is 0.116. The summed E-state index contributed by atoms with van der Waals surface area (Å²) in [6.45, 7) is 0. The van der Waals surface area contributed by atoms with Crippen molar-refractivity contribution in [3.8, 4) is 0 Å². The lowest BCUT2D eigenvalue weighted by Crippen LogP contribution is -2.26. The predicted molar refractivity (Wildman–Crippen MR) is 124 cm³/mol. The Labute approximate surface area is 203 Å². The van der Waals surface area contributed by atoms with E-state index in [2.05, 4.69) is 73.4 Å². The Morgan fingerprint density at radius 3 is 2.03 bits per heavy atom. The van der Waals surface area contributed by atoms with Crippen molar-refractivity contribution in [1.29, 1.82) is 0 Å². The molecule has 0 spiro atoms. The lowest BCUT2D eigenvalue weighted by Gasteiger charge is -2.16. The van der Waals surface area contributed by atoms with Gasteiger partial charge in [0.05, 0.1) is 23.3 Å². The molecule has 3 rings (SSSR count). The van der Waals surface area contributed by atoms with Gasteiger partial charge < -0.3 is 19.7 Å². The van der Waals surface area contributed by atoms with E-state index >= 15 is 0 Å². The number of rotatable bonds is 2. The van der Waals surface area contributed by atoms with Crippen molar-refractivity contribution in [2.45, 2.75) is 0 Å². The lowest BCUT2D eigenvalue weighted by molar-refractivity contribution is -0.320. The number of hydrogen-bond donors (Lipinski definition) is 2. The van der Waals surface area contributed by atoms with Gasteiger partial charge in [0.25, 0.3) is 0 Å². The normalized spacial score (nSPS) is 9.76. The molecule has 0 aliphatic rings. The van der Waals surface area contributed by atoms with Gasteiger partial charge in [-0.05, 0) is 87.2 Å². The van der Waals surface area contributed by atoms with Crippen molar-refractivity contribution in [2.24, 2.45) is 0 Å². The summed E-state index contributed by atoms with van der Waals surface area (Å²) in [4.78, 5) is 25.7. The second-order valence-electron chi connectivity index (χ2n) is 4.87. The van der Waals surface area contributed by atoms with Crippen LogP contribution in [0.4, 0.5) is 5.13 Å². The molecule has 3 aromatic rings. The van der Waals surface area contributed by atoms with E-state index in [9.17, 15) is 14.7 Å². The number of halogens is 4. The van der Waals surface area contributed by atoms with E-state index in [1.807, 2.05) is 24.3 Å². The van der Waals surface area contributed by atoms with E-state index in [1.54, 1.807) is 11.3 Å². The van der Waals surface area contributed by atoms with Gasteiger partial charge in [-0.3, -0.25) is 5.73 Å². The van der Waals surface area contributed by atoms with Gasteiger partial charge in [-0.1, -0.05) is 12.1 Å². The number of aliphatic hydroxyl groups is 1. The summed E-state index contributed by atoms with van der Waals surface area (Å²) < 4.78 is 7.18. The molecule has 0 radical (unpaired) electrons. The molecule has 0 atom stereocenters. The zero-order valence-electron chi connectivity index (χ0n) is 14.9. The molecule has 0 aliphatic carbocycles. The molecule has 7 nitrogen and oxygen atoms in total. The number of nitrogen functional groups attached to an aromatic ring is 1. The Hall–Kier alpha value is -1.05. The number of benzene rings is 2. The Bertz CT molecular complexity index is 1010. The summed E-state index contributed by atoms with van der Waals surface area (Å²) >= 11 is 14.2. The van der Waals surface area contributed by atoms with E-state index < -0.39 is 11.9 Å². The summed E-state index contributed by atoms with van der Waals surface area (Å²) in [5.74, 6) is -2.25. The van der Waals surface area contributed by atoms with Gasteiger partial charge in [-0.25, -0.2) is 9.78 Å². The molecule has 156 valence electrons. The maximum atomic E-state index is 11.6. The highest BCUT2D eigenvalue weighted by molar-refractivity contribution is 9.15.